The molecule has 8 heteroatoms. The van der Waals surface area contributed by atoms with Crippen LogP contribution in [0.5, 0.6) is 5.75 Å². The number of amides is 1. The molecule has 0 unspecified atom stereocenters. The maximum absolute atomic E-state index is 12.5. The van der Waals surface area contributed by atoms with E-state index in [1.165, 1.54) is 4.90 Å². The molecule has 164 valence electrons. The molecule has 1 atom stereocenters. The summed E-state index contributed by atoms with van der Waals surface area (Å²) < 4.78 is 10.7. The van der Waals surface area contributed by atoms with Gasteiger partial charge in [-0.05, 0) is 37.5 Å². The lowest BCUT2D eigenvalue weighted by Gasteiger charge is -2.22. The van der Waals surface area contributed by atoms with E-state index in [-0.39, 0.29) is 32.1 Å². The number of carbonyl (C=O) groups is 3. The van der Waals surface area contributed by atoms with E-state index >= 15 is 0 Å². The number of fused-ring (bicyclic) bond motifs is 1. The maximum Gasteiger partial charge on any atom is 0.344 e. The molecule has 0 bridgehead atoms. The molecule has 8 nitrogen and oxygen atoms in total. The van der Waals surface area contributed by atoms with Crippen LogP contribution in [-0.2, 0) is 30.4 Å². The summed E-state index contributed by atoms with van der Waals surface area (Å²) in [4.78, 5) is 43.7. The fourth-order valence-electron chi connectivity index (χ4n) is 3.21. The second-order valence-corrected chi connectivity index (χ2v) is 6.97. The first kappa shape index (κ1) is 22.3. The van der Waals surface area contributed by atoms with Gasteiger partial charge in [0.2, 0.25) is 5.91 Å². The van der Waals surface area contributed by atoms with Gasteiger partial charge in [0.05, 0.1) is 25.3 Å². The molecule has 0 radical (unpaired) electrons. The molecule has 0 aromatic heterocycles. The average Bonchev–Trinajstić information content (AvgIpc) is 2.93. The zero-order valence-corrected chi connectivity index (χ0v) is 17.4. The Morgan fingerprint density at radius 1 is 1.13 bits per heavy atom. The third-order valence-electron chi connectivity index (χ3n) is 4.77. The summed E-state index contributed by atoms with van der Waals surface area (Å²) in [7, 11) is 0. The van der Waals surface area contributed by atoms with Crippen LogP contribution in [0.4, 0.5) is 5.69 Å². The van der Waals surface area contributed by atoms with Crippen LogP contribution in [0.2, 0.25) is 0 Å². The van der Waals surface area contributed by atoms with Gasteiger partial charge in [0.25, 0.3) is 0 Å². The molecule has 1 amide bonds. The van der Waals surface area contributed by atoms with E-state index < -0.39 is 18.0 Å². The monoisotopic (exact) mass is 426 g/mol. The second-order valence-electron chi connectivity index (χ2n) is 6.97. The van der Waals surface area contributed by atoms with Crippen molar-refractivity contribution in [3.63, 3.8) is 0 Å². The number of aryl methyl sites for hydroxylation is 1. The fourth-order valence-corrected chi connectivity index (χ4v) is 3.21. The van der Waals surface area contributed by atoms with Crippen molar-refractivity contribution >= 4 is 23.5 Å². The van der Waals surface area contributed by atoms with Crippen molar-refractivity contribution in [1.29, 1.82) is 0 Å². The number of esters is 1. The number of nitrogens with zero attached hydrogens (tertiary/aromatic N) is 1. The van der Waals surface area contributed by atoms with Crippen LogP contribution in [0.25, 0.3) is 0 Å². The third-order valence-corrected chi connectivity index (χ3v) is 4.77. The van der Waals surface area contributed by atoms with E-state index in [0.29, 0.717) is 24.3 Å². The number of para-hydroxylation sites is 2. The van der Waals surface area contributed by atoms with Crippen LogP contribution in [0.1, 0.15) is 25.3 Å². The molecule has 2 aromatic rings. The topological polar surface area (TPSA) is 94.2 Å². The van der Waals surface area contributed by atoms with Gasteiger partial charge in [0, 0.05) is 0 Å². The molecule has 1 aliphatic heterocycles. The highest BCUT2D eigenvalue weighted by Gasteiger charge is 2.27. The molecular formula is C23H26N2O6. The Kier molecular flexibility index (Phi) is 8.00. The van der Waals surface area contributed by atoms with Crippen LogP contribution in [0.15, 0.2) is 54.6 Å². The van der Waals surface area contributed by atoms with Crippen LogP contribution < -0.4 is 15.1 Å². The zero-order chi connectivity index (χ0) is 22.1. The Bertz CT molecular complexity index is 902. The van der Waals surface area contributed by atoms with Crippen LogP contribution in [-0.4, -0.2) is 43.6 Å². The summed E-state index contributed by atoms with van der Waals surface area (Å²) in [5.74, 6) is -0.913. The number of carbonyl (C=O) groups excluding carboxylic acids is 3. The molecular weight excluding hydrogens is 400 g/mol. The van der Waals surface area contributed by atoms with Crippen molar-refractivity contribution in [2.75, 3.05) is 24.7 Å². The van der Waals surface area contributed by atoms with Gasteiger partial charge < -0.3 is 14.3 Å². The van der Waals surface area contributed by atoms with Crippen molar-refractivity contribution in [1.82, 2.24) is 5.48 Å². The number of hydrogen-bond donors (Lipinski definition) is 1. The predicted molar refractivity (Wildman–Crippen MR) is 113 cm³/mol. The van der Waals surface area contributed by atoms with Gasteiger partial charge in [-0.25, -0.2) is 4.79 Å². The summed E-state index contributed by atoms with van der Waals surface area (Å²) >= 11 is 0. The third kappa shape index (κ3) is 6.29. The average molecular weight is 426 g/mol. The maximum atomic E-state index is 12.5. The van der Waals surface area contributed by atoms with Crippen molar-refractivity contribution in [2.24, 2.45) is 0 Å². The first-order valence-corrected chi connectivity index (χ1v) is 10.3. The Morgan fingerprint density at radius 2 is 1.87 bits per heavy atom. The summed E-state index contributed by atoms with van der Waals surface area (Å²) in [5, 5.41) is 0. The van der Waals surface area contributed by atoms with Crippen LogP contribution in [0.3, 0.4) is 0 Å². The summed E-state index contributed by atoms with van der Waals surface area (Å²) in [6, 6.07) is 15.9. The van der Waals surface area contributed by atoms with Crippen LogP contribution in [0, 0.1) is 0 Å². The normalized spacial score (nSPS) is 14.1. The second kappa shape index (κ2) is 11.1. The van der Waals surface area contributed by atoms with E-state index in [4.69, 9.17) is 14.3 Å². The molecule has 1 aliphatic rings. The Hall–Kier alpha value is -3.39. The quantitative estimate of drug-likeness (QED) is 0.486. The van der Waals surface area contributed by atoms with Crippen molar-refractivity contribution < 1.29 is 28.7 Å². The van der Waals surface area contributed by atoms with Gasteiger partial charge in [-0.1, -0.05) is 42.5 Å². The van der Waals surface area contributed by atoms with Crippen molar-refractivity contribution in [3.05, 3.63) is 60.2 Å². The molecule has 3 rings (SSSR count). The predicted octanol–water partition coefficient (Wildman–Crippen LogP) is 2.41. The molecule has 1 heterocycles. The SMILES string of the molecule is CCOC(=O)[C@H](CCc1ccccc1)NOC(=O)CN1C(=O)CCOc2ccccc21. The highest BCUT2D eigenvalue weighted by atomic mass is 16.7. The molecule has 0 spiro atoms. The van der Waals surface area contributed by atoms with Gasteiger partial charge in [-0.3, -0.25) is 14.5 Å². The number of ether oxygens (including phenoxy) is 2. The first-order chi connectivity index (χ1) is 15.1. The number of rotatable bonds is 9. The number of benzene rings is 2. The van der Waals surface area contributed by atoms with Crippen LogP contribution >= 0.6 is 0 Å². The Morgan fingerprint density at radius 3 is 2.65 bits per heavy atom. The van der Waals surface area contributed by atoms with Crippen molar-refractivity contribution in [2.45, 2.75) is 32.2 Å². The lowest BCUT2D eigenvalue weighted by Crippen LogP contribution is -2.43. The van der Waals surface area contributed by atoms with Gasteiger partial charge in [0.15, 0.2) is 0 Å². The molecule has 0 saturated heterocycles. The molecule has 0 saturated carbocycles. The smallest absolute Gasteiger partial charge is 0.344 e. The molecule has 0 aliphatic carbocycles. The van der Waals surface area contributed by atoms with Gasteiger partial charge in [-0.15, -0.1) is 5.48 Å². The first-order valence-electron chi connectivity index (χ1n) is 10.3. The minimum atomic E-state index is -0.820. The summed E-state index contributed by atoms with van der Waals surface area (Å²) in [6.45, 7) is 1.86. The van der Waals surface area contributed by atoms with E-state index in [9.17, 15) is 14.4 Å². The highest BCUT2D eigenvalue weighted by Crippen LogP contribution is 2.30. The molecule has 0 fully saturated rings. The van der Waals surface area contributed by atoms with Crippen molar-refractivity contribution in [3.8, 4) is 5.75 Å². The molecule has 31 heavy (non-hydrogen) atoms. The number of hydroxylamine groups is 1. The lowest BCUT2D eigenvalue weighted by atomic mass is 10.1. The van der Waals surface area contributed by atoms with Gasteiger partial charge in [0.1, 0.15) is 18.3 Å². The van der Waals surface area contributed by atoms with E-state index in [0.717, 1.165) is 5.56 Å². The lowest BCUT2D eigenvalue weighted by molar-refractivity contribution is -0.159. The Labute approximate surface area is 181 Å². The summed E-state index contributed by atoms with van der Waals surface area (Å²) in [6.07, 6.45) is 1.14. The minimum Gasteiger partial charge on any atom is -0.491 e. The standard InChI is InChI=1S/C23H26N2O6/c1-2-29-23(28)18(13-12-17-8-4-3-5-9-17)24-31-22(27)16-25-19-10-6-7-11-20(19)30-15-14-21(25)26/h3-11,18,24H,2,12-16H2,1H3/t18-/m0/s1. The van der Waals surface area contributed by atoms with Gasteiger partial charge >= 0.3 is 11.9 Å². The number of anilines is 1. The van der Waals surface area contributed by atoms with Gasteiger partial charge in [-0.2, -0.15) is 0 Å². The number of nitrogens with one attached hydrogen (secondary N) is 1. The fraction of sp³-hybridized carbons (Fsp3) is 0.348. The van der Waals surface area contributed by atoms with E-state index in [2.05, 4.69) is 5.48 Å². The minimum absolute atomic E-state index is 0.151. The zero-order valence-electron chi connectivity index (χ0n) is 17.4. The highest BCUT2D eigenvalue weighted by molar-refractivity contribution is 5.99. The molecule has 2 aromatic carbocycles. The Balaban J connectivity index is 1.60. The number of hydrogen-bond acceptors (Lipinski definition) is 7. The molecule has 1 N–H and O–H groups in total. The van der Waals surface area contributed by atoms with E-state index in [1.807, 2.05) is 30.3 Å². The summed E-state index contributed by atoms with van der Waals surface area (Å²) in [5.41, 5.74) is 4.08. The largest absolute Gasteiger partial charge is 0.491 e. The van der Waals surface area contributed by atoms with E-state index in [1.54, 1.807) is 31.2 Å².